The number of halogens is 2. The number of nitrogens with zero attached hydrogens (tertiary/aromatic N) is 2. The zero-order chi connectivity index (χ0) is 12.4. The van der Waals surface area contributed by atoms with Gasteiger partial charge in [-0.3, -0.25) is 0 Å². The number of hydrogen-bond acceptors (Lipinski definition) is 1. The van der Waals surface area contributed by atoms with Crippen LogP contribution in [0.25, 0.3) is 16.9 Å². The molecule has 1 heterocycles. The molecule has 3 aromatic rings. The Balaban J connectivity index is 0.00000133. The van der Waals surface area contributed by atoms with Gasteiger partial charge in [0.05, 0.1) is 12.0 Å². The second-order valence-corrected chi connectivity index (χ2v) is 4.45. The van der Waals surface area contributed by atoms with Gasteiger partial charge >= 0.3 is 0 Å². The first-order chi connectivity index (χ1) is 8.83. The maximum Gasteiger partial charge on any atom is 0.0999 e. The van der Waals surface area contributed by atoms with Crippen LogP contribution in [0.1, 0.15) is 0 Å². The summed E-state index contributed by atoms with van der Waals surface area (Å²) in [6, 6.07) is 17.8. The van der Waals surface area contributed by atoms with E-state index in [1.54, 1.807) is 0 Å². The van der Waals surface area contributed by atoms with E-state index < -0.39 is 0 Å². The van der Waals surface area contributed by atoms with Gasteiger partial charge in [-0.2, -0.15) is 0 Å². The van der Waals surface area contributed by atoms with Crippen molar-refractivity contribution in [3.8, 4) is 16.9 Å². The Bertz CT molecular complexity index is 647. The molecule has 0 saturated heterocycles. The fourth-order valence-electron chi connectivity index (χ4n) is 1.83. The minimum absolute atomic E-state index is 0. The fourth-order valence-corrected chi connectivity index (χ4v) is 1.96. The van der Waals surface area contributed by atoms with Crippen molar-refractivity contribution < 1.29 is 0 Å². The summed E-state index contributed by atoms with van der Waals surface area (Å²) in [5.41, 5.74) is 3.11. The van der Waals surface area contributed by atoms with Crippen LogP contribution in [0.2, 0.25) is 5.02 Å². The van der Waals surface area contributed by atoms with E-state index in [9.17, 15) is 0 Å². The summed E-state index contributed by atoms with van der Waals surface area (Å²) in [4.78, 5) is 4.41. The molecule has 0 atom stereocenters. The Labute approximate surface area is 127 Å². The summed E-state index contributed by atoms with van der Waals surface area (Å²) in [5, 5.41) is 0.737. The van der Waals surface area contributed by atoms with E-state index in [1.165, 1.54) is 0 Å². The summed E-state index contributed by atoms with van der Waals surface area (Å²) < 4.78 is 2.00. The molecule has 96 valence electrons. The van der Waals surface area contributed by atoms with Crippen molar-refractivity contribution in [2.75, 3.05) is 0 Å². The van der Waals surface area contributed by atoms with E-state index in [0.29, 0.717) is 0 Å². The number of rotatable bonds is 2. The zero-order valence-electron chi connectivity index (χ0n) is 10.0. The predicted molar refractivity (Wildman–Crippen MR) is 84.3 cm³/mol. The molecule has 0 radical (unpaired) electrons. The largest absolute Gasteiger partial charge is 0.306 e. The lowest BCUT2D eigenvalue weighted by Gasteiger charge is -2.00. The summed E-state index contributed by atoms with van der Waals surface area (Å²) >= 11 is 5.87. The van der Waals surface area contributed by atoms with Crippen LogP contribution >= 0.6 is 28.6 Å². The van der Waals surface area contributed by atoms with E-state index in [1.807, 2.05) is 71.7 Å². The van der Waals surface area contributed by atoms with Gasteiger partial charge in [-0.15, -0.1) is 17.0 Å². The average Bonchev–Trinajstić information content (AvgIpc) is 2.90. The van der Waals surface area contributed by atoms with Crippen LogP contribution in [0, 0.1) is 0 Å². The van der Waals surface area contributed by atoms with Gasteiger partial charge in [-0.1, -0.05) is 41.9 Å². The van der Waals surface area contributed by atoms with Crippen LogP contribution < -0.4 is 0 Å². The fraction of sp³-hybridized carbons (Fsp3) is 0. The van der Waals surface area contributed by atoms with Gasteiger partial charge in [0, 0.05) is 22.5 Å². The molecule has 3 rings (SSSR count). The second-order valence-electron chi connectivity index (χ2n) is 4.01. The first-order valence-corrected chi connectivity index (χ1v) is 6.06. The quantitative estimate of drug-likeness (QED) is 0.659. The molecule has 0 saturated carbocycles. The predicted octanol–water partition coefficient (Wildman–Crippen LogP) is 4.77. The SMILES string of the molecule is Br.Clc1ccc(-c2cn(-c3ccccc3)cn2)cc1. The molecule has 1 aromatic heterocycles. The van der Waals surface area contributed by atoms with Crippen molar-refractivity contribution in [3.63, 3.8) is 0 Å². The van der Waals surface area contributed by atoms with Crippen molar-refractivity contribution in [1.82, 2.24) is 9.55 Å². The molecule has 2 nitrogen and oxygen atoms in total. The molecule has 0 aliphatic rings. The molecular formula is C15H12BrClN2. The van der Waals surface area contributed by atoms with Crippen LogP contribution in [-0.2, 0) is 0 Å². The maximum absolute atomic E-state index is 5.87. The normalized spacial score (nSPS) is 9.95. The molecule has 0 N–H and O–H groups in total. The smallest absolute Gasteiger partial charge is 0.0999 e. The lowest BCUT2D eigenvalue weighted by Crippen LogP contribution is -1.87. The third-order valence-electron chi connectivity index (χ3n) is 2.78. The zero-order valence-corrected chi connectivity index (χ0v) is 12.5. The molecule has 2 aromatic carbocycles. The summed E-state index contributed by atoms with van der Waals surface area (Å²) in [6.45, 7) is 0. The molecule has 19 heavy (non-hydrogen) atoms. The monoisotopic (exact) mass is 334 g/mol. The highest BCUT2D eigenvalue weighted by Crippen LogP contribution is 2.20. The topological polar surface area (TPSA) is 17.8 Å². The minimum atomic E-state index is 0. The van der Waals surface area contributed by atoms with Gasteiger partial charge < -0.3 is 4.57 Å². The number of aromatic nitrogens is 2. The molecule has 0 spiro atoms. The van der Waals surface area contributed by atoms with E-state index in [0.717, 1.165) is 22.0 Å². The first-order valence-electron chi connectivity index (χ1n) is 5.68. The van der Waals surface area contributed by atoms with Gasteiger partial charge in [-0.05, 0) is 24.3 Å². The van der Waals surface area contributed by atoms with E-state index >= 15 is 0 Å². The van der Waals surface area contributed by atoms with Gasteiger partial charge in [0.25, 0.3) is 0 Å². The van der Waals surface area contributed by atoms with Crippen LogP contribution in [-0.4, -0.2) is 9.55 Å². The van der Waals surface area contributed by atoms with Crippen LogP contribution in [0.3, 0.4) is 0 Å². The minimum Gasteiger partial charge on any atom is -0.306 e. The third kappa shape index (κ3) is 3.06. The molecule has 0 amide bonds. The number of hydrogen-bond donors (Lipinski definition) is 0. The van der Waals surface area contributed by atoms with Gasteiger partial charge in [0.2, 0.25) is 0 Å². The second kappa shape index (κ2) is 6.04. The van der Waals surface area contributed by atoms with Gasteiger partial charge in [-0.25, -0.2) is 4.98 Å². The summed E-state index contributed by atoms with van der Waals surface area (Å²) in [6.07, 6.45) is 3.83. The molecule has 0 unspecified atom stereocenters. The van der Waals surface area contributed by atoms with Crippen molar-refractivity contribution in [1.29, 1.82) is 0 Å². The van der Waals surface area contributed by atoms with Gasteiger partial charge in [0.15, 0.2) is 0 Å². The number of benzene rings is 2. The molecule has 0 aliphatic carbocycles. The molecule has 4 heteroatoms. The maximum atomic E-state index is 5.87. The Morgan fingerprint density at radius 1 is 0.895 bits per heavy atom. The van der Waals surface area contributed by atoms with Crippen molar-refractivity contribution in [2.24, 2.45) is 0 Å². The van der Waals surface area contributed by atoms with E-state index in [2.05, 4.69) is 4.98 Å². The Morgan fingerprint density at radius 2 is 1.58 bits per heavy atom. The lowest BCUT2D eigenvalue weighted by molar-refractivity contribution is 1.06. The van der Waals surface area contributed by atoms with Crippen molar-refractivity contribution in [2.45, 2.75) is 0 Å². The number of para-hydroxylation sites is 1. The number of imidazole rings is 1. The van der Waals surface area contributed by atoms with Crippen molar-refractivity contribution >= 4 is 28.6 Å². The highest BCUT2D eigenvalue weighted by Gasteiger charge is 2.03. The molecular weight excluding hydrogens is 324 g/mol. The lowest BCUT2D eigenvalue weighted by atomic mass is 10.2. The molecule has 0 fully saturated rings. The summed E-state index contributed by atoms with van der Waals surface area (Å²) in [5.74, 6) is 0. The molecule has 0 aliphatic heterocycles. The van der Waals surface area contributed by atoms with E-state index in [-0.39, 0.29) is 17.0 Å². The summed E-state index contributed by atoms with van der Waals surface area (Å²) in [7, 11) is 0. The van der Waals surface area contributed by atoms with Crippen LogP contribution in [0.15, 0.2) is 67.1 Å². The van der Waals surface area contributed by atoms with Crippen LogP contribution in [0.4, 0.5) is 0 Å². The molecule has 0 bridgehead atoms. The average molecular weight is 336 g/mol. The third-order valence-corrected chi connectivity index (χ3v) is 3.03. The highest BCUT2D eigenvalue weighted by molar-refractivity contribution is 8.93. The first kappa shape index (κ1) is 13.8. The van der Waals surface area contributed by atoms with Crippen molar-refractivity contribution in [3.05, 3.63) is 72.1 Å². The van der Waals surface area contributed by atoms with Gasteiger partial charge in [0.1, 0.15) is 0 Å². The Morgan fingerprint density at radius 3 is 2.26 bits per heavy atom. The highest BCUT2D eigenvalue weighted by atomic mass is 79.9. The van der Waals surface area contributed by atoms with E-state index in [4.69, 9.17) is 11.6 Å². The standard InChI is InChI=1S/C15H11ClN2.BrH/c16-13-8-6-12(7-9-13)15-10-18(11-17-15)14-4-2-1-3-5-14;/h1-11H;1H. The Hall–Kier alpha value is -1.58. The Kier molecular flexibility index (Phi) is 4.40. The van der Waals surface area contributed by atoms with Crippen LogP contribution in [0.5, 0.6) is 0 Å².